The summed E-state index contributed by atoms with van der Waals surface area (Å²) in [4.78, 5) is 11.7. The topological polar surface area (TPSA) is 41.1 Å². The lowest BCUT2D eigenvalue weighted by atomic mass is 10.0. The van der Waals surface area contributed by atoms with Gasteiger partial charge in [0.2, 0.25) is 5.91 Å². The van der Waals surface area contributed by atoms with Gasteiger partial charge in [-0.05, 0) is 56.1 Å². The van der Waals surface area contributed by atoms with Gasteiger partial charge in [-0.2, -0.15) is 0 Å². The molecule has 1 saturated heterocycles. The highest BCUT2D eigenvalue weighted by Crippen LogP contribution is 2.17. The molecule has 1 aliphatic heterocycles. The minimum absolute atomic E-state index is 0.110. The molecule has 1 aromatic rings. The molecule has 0 saturated carbocycles. The number of carbonyl (C=O) groups excluding carboxylic acids is 1. The van der Waals surface area contributed by atoms with Gasteiger partial charge in [-0.25, -0.2) is 0 Å². The quantitative estimate of drug-likeness (QED) is 0.897. The Morgan fingerprint density at radius 3 is 2.82 bits per heavy atom. The molecule has 0 radical (unpaired) electrons. The van der Waals surface area contributed by atoms with E-state index in [2.05, 4.69) is 26.6 Å². The first-order chi connectivity index (χ1) is 8.24. The molecule has 0 bridgehead atoms. The van der Waals surface area contributed by atoms with Crippen molar-refractivity contribution in [2.75, 3.05) is 18.4 Å². The van der Waals surface area contributed by atoms with Crippen LogP contribution >= 0.6 is 15.9 Å². The van der Waals surface area contributed by atoms with Gasteiger partial charge >= 0.3 is 0 Å². The van der Waals surface area contributed by atoms with Gasteiger partial charge in [-0.15, -0.1) is 0 Å². The third kappa shape index (κ3) is 4.13. The van der Waals surface area contributed by atoms with Crippen LogP contribution in [0, 0.1) is 5.92 Å². The van der Waals surface area contributed by atoms with Crippen LogP contribution in [0.25, 0.3) is 0 Å². The lowest BCUT2D eigenvalue weighted by Crippen LogP contribution is -2.14. The number of carbonyl (C=O) groups is 1. The maximum atomic E-state index is 11.7. The number of hydrogen-bond acceptors (Lipinski definition) is 2. The van der Waals surface area contributed by atoms with E-state index in [1.54, 1.807) is 0 Å². The van der Waals surface area contributed by atoms with Crippen molar-refractivity contribution in [3.05, 3.63) is 28.7 Å². The molecule has 1 heterocycles. The Balaban J connectivity index is 1.74. The molecule has 1 unspecified atom stereocenters. The van der Waals surface area contributed by atoms with E-state index in [4.69, 9.17) is 0 Å². The summed E-state index contributed by atoms with van der Waals surface area (Å²) < 4.78 is 1.02. The first kappa shape index (κ1) is 12.6. The van der Waals surface area contributed by atoms with Gasteiger partial charge in [-0.1, -0.05) is 15.9 Å². The monoisotopic (exact) mass is 296 g/mol. The van der Waals surface area contributed by atoms with Crippen LogP contribution in [-0.4, -0.2) is 19.0 Å². The Kier molecular flexibility index (Phi) is 4.57. The molecule has 2 rings (SSSR count). The number of halogens is 1. The molecule has 1 atom stereocenters. The summed E-state index contributed by atoms with van der Waals surface area (Å²) in [6.45, 7) is 2.16. The lowest BCUT2D eigenvalue weighted by molar-refractivity contribution is -0.116. The zero-order chi connectivity index (χ0) is 12.1. The molecule has 1 amide bonds. The zero-order valence-electron chi connectivity index (χ0n) is 9.71. The molecule has 2 N–H and O–H groups in total. The average Bonchev–Trinajstić information content (AvgIpc) is 2.83. The second-order valence-electron chi connectivity index (χ2n) is 4.45. The molecular weight excluding hydrogens is 280 g/mol. The van der Waals surface area contributed by atoms with Gasteiger partial charge in [0.15, 0.2) is 0 Å². The van der Waals surface area contributed by atoms with Crippen LogP contribution < -0.4 is 10.6 Å². The molecule has 0 aromatic heterocycles. The van der Waals surface area contributed by atoms with E-state index in [0.717, 1.165) is 29.7 Å². The van der Waals surface area contributed by atoms with Gasteiger partial charge in [0, 0.05) is 16.6 Å². The summed E-state index contributed by atoms with van der Waals surface area (Å²) in [6, 6.07) is 7.66. The Morgan fingerprint density at radius 1 is 1.41 bits per heavy atom. The Bertz CT molecular complexity index is 372. The van der Waals surface area contributed by atoms with Crippen LogP contribution in [0.3, 0.4) is 0 Å². The van der Waals surface area contributed by atoms with Crippen molar-refractivity contribution in [3.63, 3.8) is 0 Å². The fourth-order valence-electron chi connectivity index (χ4n) is 2.05. The SMILES string of the molecule is O=C(CCC1CCNC1)Nc1ccc(Br)cc1. The number of rotatable bonds is 4. The minimum Gasteiger partial charge on any atom is -0.326 e. The van der Waals surface area contributed by atoms with Crippen molar-refractivity contribution in [3.8, 4) is 0 Å². The molecular formula is C13H17BrN2O. The maximum absolute atomic E-state index is 11.7. The van der Waals surface area contributed by atoms with E-state index in [1.165, 1.54) is 6.42 Å². The van der Waals surface area contributed by atoms with E-state index in [-0.39, 0.29) is 5.91 Å². The first-order valence-electron chi connectivity index (χ1n) is 6.00. The molecule has 1 aliphatic rings. The van der Waals surface area contributed by atoms with Crippen LogP contribution in [0.2, 0.25) is 0 Å². The molecule has 1 aromatic carbocycles. The van der Waals surface area contributed by atoms with Crippen LogP contribution in [0.15, 0.2) is 28.7 Å². The fourth-order valence-corrected chi connectivity index (χ4v) is 2.32. The van der Waals surface area contributed by atoms with Crippen LogP contribution in [0.4, 0.5) is 5.69 Å². The number of hydrogen-bond donors (Lipinski definition) is 2. The second-order valence-corrected chi connectivity index (χ2v) is 5.37. The normalized spacial score (nSPS) is 19.2. The molecule has 3 nitrogen and oxygen atoms in total. The summed E-state index contributed by atoms with van der Waals surface area (Å²) >= 11 is 3.37. The number of amides is 1. The predicted octanol–water partition coefficient (Wildman–Crippen LogP) is 2.78. The Hall–Kier alpha value is -0.870. The standard InChI is InChI=1S/C13H17BrN2O/c14-11-2-4-12(5-3-11)16-13(17)6-1-10-7-8-15-9-10/h2-5,10,15H,1,6-9H2,(H,16,17). The van der Waals surface area contributed by atoms with Crippen LogP contribution in [0.1, 0.15) is 19.3 Å². The molecule has 17 heavy (non-hydrogen) atoms. The summed E-state index contributed by atoms with van der Waals surface area (Å²) in [5.74, 6) is 0.782. The fraction of sp³-hybridized carbons (Fsp3) is 0.462. The summed E-state index contributed by atoms with van der Waals surface area (Å²) in [5.41, 5.74) is 0.864. The first-order valence-corrected chi connectivity index (χ1v) is 6.79. The summed E-state index contributed by atoms with van der Waals surface area (Å²) in [6.07, 6.45) is 2.79. The van der Waals surface area contributed by atoms with Crippen molar-refractivity contribution >= 4 is 27.5 Å². The second kappa shape index (κ2) is 6.17. The van der Waals surface area contributed by atoms with Gasteiger partial charge < -0.3 is 10.6 Å². The maximum Gasteiger partial charge on any atom is 0.224 e. The van der Waals surface area contributed by atoms with Crippen molar-refractivity contribution in [1.29, 1.82) is 0 Å². The third-order valence-corrected chi connectivity index (χ3v) is 3.60. The predicted molar refractivity (Wildman–Crippen MR) is 73.0 cm³/mol. The van der Waals surface area contributed by atoms with Crippen LogP contribution in [-0.2, 0) is 4.79 Å². The molecule has 4 heteroatoms. The van der Waals surface area contributed by atoms with E-state index in [9.17, 15) is 4.79 Å². The highest BCUT2D eigenvalue weighted by atomic mass is 79.9. The van der Waals surface area contributed by atoms with Crippen molar-refractivity contribution in [2.45, 2.75) is 19.3 Å². The smallest absolute Gasteiger partial charge is 0.224 e. The summed E-state index contributed by atoms with van der Waals surface area (Å²) in [7, 11) is 0. The van der Waals surface area contributed by atoms with Crippen molar-refractivity contribution < 1.29 is 4.79 Å². The number of nitrogens with one attached hydrogen (secondary N) is 2. The molecule has 1 fully saturated rings. The number of benzene rings is 1. The zero-order valence-corrected chi connectivity index (χ0v) is 11.3. The van der Waals surface area contributed by atoms with E-state index in [0.29, 0.717) is 12.3 Å². The molecule has 0 aliphatic carbocycles. The minimum atomic E-state index is 0.110. The van der Waals surface area contributed by atoms with Crippen LogP contribution in [0.5, 0.6) is 0 Å². The highest BCUT2D eigenvalue weighted by molar-refractivity contribution is 9.10. The van der Waals surface area contributed by atoms with Gasteiger partial charge in [0.05, 0.1) is 0 Å². The van der Waals surface area contributed by atoms with Crippen molar-refractivity contribution in [1.82, 2.24) is 5.32 Å². The highest BCUT2D eigenvalue weighted by Gasteiger charge is 2.15. The molecule has 92 valence electrons. The van der Waals surface area contributed by atoms with E-state index in [1.807, 2.05) is 24.3 Å². The Labute approximate surface area is 110 Å². The number of anilines is 1. The lowest BCUT2D eigenvalue weighted by Gasteiger charge is -2.08. The van der Waals surface area contributed by atoms with Gasteiger partial charge in [0.1, 0.15) is 0 Å². The van der Waals surface area contributed by atoms with E-state index >= 15 is 0 Å². The van der Waals surface area contributed by atoms with E-state index < -0.39 is 0 Å². The third-order valence-electron chi connectivity index (χ3n) is 3.07. The van der Waals surface area contributed by atoms with Gasteiger partial charge in [0.25, 0.3) is 0 Å². The Morgan fingerprint density at radius 2 is 2.18 bits per heavy atom. The van der Waals surface area contributed by atoms with Gasteiger partial charge in [-0.3, -0.25) is 4.79 Å². The van der Waals surface area contributed by atoms with Crippen molar-refractivity contribution in [2.24, 2.45) is 5.92 Å². The summed E-state index contributed by atoms with van der Waals surface area (Å²) in [5, 5.41) is 6.23. The largest absolute Gasteiger partial charge is 0.326 e. The average molecular weight is 297 g/mol. The molecule has 0 spiro atoms.